The maximum absolute atomic E-state index is 12.5. The zero-order valence-corrected chi connectivity index (χ0v) is 15.8. The van der Waals surface area contributed by atoms with Crippen molar-refractivity contribution in [3.05, 3.63) is 59.7 Å². The van der Waals surface area contributed by atoms with E-state index in [0.717, 1.165) is 29.0 Å². The van der Waals surface area contributed by atoms with Crippen molar-refractivity contribution in [1.29, 1.82) is 0 Å². The number of hydrogen-bond acceptors (Lipinski definition) is 4. The lowest BCUT2D eigenvalue weighted by atomic mass is 9.97. The molecule has 2 aromatic rings. The van der Waals surface area contributed by atoms with Crippen LogP contribution in [0.25, 0.3) is 0 Å². The number of ether oxygens (including phenoxy) is 2. The number of benzene rings is 2. The molecule has 1 aliphatic rings. The van der Waals surface area contributed by atoms with E-state index >= 15 is 0 Å². The van der Waals surface area contributed by atoms with Crippen molar-refractivity contribution >= 4 is 10.2 Å². The maximum atomic E-state index is 12.5. The Hall–Kier alpha value is -2.09. The summed E-state index contributed by atoms with van der Waals surface area (Å²) in [5.74, 6) is 1.66. The molecule has 1 unspecified atom stereocenters. The number of methoxy groups -OCH3 is 1. The summed E-state index contributed by atoms with van der Waals surface area (Å²) in [6, 6.07) is 15.2. The molecule has 140 valence electrons. The van der Waals surface area contributed by atoms with Gasteiger partial charge < -0.3 is 9.47 Å². The third kappa shape index (κ3) is 4.55. The lowest BCUT2D eigenvalue weighted by Gasteiger charge is -2.26. The normalized spacial score (nSPS) is 16.8. The van der Waals surface area contributed by atoms with Crippen LogP contribution in [0, 0.1) is 5.92 Å². The lowest BCUT2D eigenvalue weighted by molar-refractivity contribution is 0.221. The highest BCUT2D eigenvalue weighted by atomic mass is 32.2. The third-order valence-electron chi connectivity index (χ3n) is 4.47. The molecular weight excluding hydrogens is 352 g/mol. The first kappa shape index (κ1) is 18.7. The zero-order valence-electron chi connectivity index (χ0n) is 15.0. The fourth-order valence-corrected chi connectivity index (χ4v) is 3.92. The Bertz CT molecular complexity index is 840. The molecule has 0 saturated heterocycles. The van der Waals surface area contributed by atoms with E-state index in [1.165, 1.54) is 4.31 Å². The van der Waals surface area contributed by atoms with Gasteiger partial charge >= 0.3 is 0 Å². The number of nitrogens with zero attached hydrogens (tertiary/aromatic N) is 1. The number of fused-ring (bicyclic) bond motifs is 1. The van der Waals surface area contributed by atoms with Gasteiger partial charge in [0.2, 0.25) is 0 Å². The molecule has 1 atom stereocenters. The van der Waals surface area contributed by atoms with Gasteiger partial charge in [0.25, 0.3) is 10.2 Å². The molecule has 1 aliphatic heterocycles. The predicted octanol–water partition coefficient (Wildman–Crippen LogP) is 2.21. The van der Waals surface area contributed by atoms with Crippen LogP contribution in [0.1, 0.15) is 11.1 Å². The van der Waals surface area contributed by atoms with E-state index in [-0.39, 0.29) is 5.92 Å². The molecule has 0 saturated carbocycles. The summed E-state index contributed by atoms with van der Waals surface area (Å²) in [5.41, 5.74) is 2.02. The summed E-state index contributed by atoms with van der Waals surface area (Å²) in [6.45, 7) is 1.15. The van der Waals surface area contributed by atoms with Crippen LogP contribution in [-0.2, 0) is 23.2 Å². The molecule has 0 radical (unpaired) electrons. The standard InChI is InChI=1S/C19H24N2O4S/c1-21(13-15-6-4-3-5-7-15)26(22,23)20-12-16-10-17-8-9-18(24-2)11-19(17)25-14-16/h3-9,11,16,20H,10,12-14H2,1-2H3. The summed E-state index contributed by atoms with van der Waals surface area (Å²) in [5, 5.41) is 0. The largest absolute Gasteiger partial charge is 0.497 e. The van der Waals surface area contributed by atoms with Crippen LogP contribution in [0.2, 0.25) is 0 Å². The van der Waals surface area contributed by atoms with Gasteiger partial charge in [-0.3, -0.25) is 0 Å². The van der Waals surface area contributed by atoms with Gasteiger partial charge in [0, 0.05) is 32.1 Å². The highest BCUT2D eigenvalue weighted by Gasteiger charge is 2.24. The van der Waals surface area contributed by atoms with E-state index in [0.29, 0.717) is 19.7 Å². The second-order valence-corrected chi connectivity index (χ2v) is 8.31. The Morgan fingerprint density at radius 2 is 2.00 bits per heavy atom. The number of rotatable bonds is 7. The second kappa shape index (κ2) is 8.07. The molecule has 26 heavy (non-hydrogen) atoms. The Morgan fingerprint density at radius 1 is 1.23 bits per heavy atom. The average Bonchev–Trinajstić information content (AvgIpc) is 2.66. The average molecular weight is 376 g/mol. The number of nitrogens with one attached hydrogen (secondary N) is 1. The van der Waals surface area contributed by atoms with Crippen molar-refractivity contribution in [2.45, 2.75) is 13.0 Å². The van der Waals surface area contributed by atoms with Crippen LogP contribution in [0.15, 0.2) is 48.5 Å². The van der Waals surface area contributed by atoms with E-state index in [2.05, 4.69) is 4.72 Å². The van der Waals surface area contributed by atoms with Crippen molar-refractivity contribution in [3.63, 3.8) is 0 Å². The van der Waals surface area contributed by atoms with Crippen molar-refractivity contribution in [2.75, 3.05) is 27.3 Å². The molecular formula is C19H24N2O4S. The fraction of sp³-hybridized carbons (Fsp3) is 0.368. The Labute approximate surface area is 154 Å². The fourth-order valence-electron chi connectivity index (χ4n) is 2.93. The number of hydrogen-bond donors (Lipinski definition) is 1. The van der Waals surface area contributed by atoms with Gasteiger partial charge in [-0.1, -0.05) is 36.4 Å². The first-order chi connectivity index (χ1) is 12.5. The molecule has 2 aromatic carbocycles. The molecule has 0 aliphatic carbocycles. The van der Waals surface area contributed by atoms with E-state index in [1.54, 1.807) is 14.2 Å². The van der Waals surface area contributed by atoms with Crippen LogP contribution < -0.4 is 14.2 Å². The minimum absolute atomic E-state index is 0.0933. The molecule has 1 heterocycles. The smallest absolute Gasteiger partial charge is 0.279 e. The first-order valence-electron chi connectivity index (χ1n) is 8.52. The summed E-state index contributed by atoms with van der Waals surface area (Å²) < 4.78 is 39.9. The maximum Gasteiger partial charge on any atom is 0.279 e. The molecule has 0 aromatic heterocycles. The summed E-state index contributed by atoms with van der Waals surface area (Å²) >= 11 is 0. The SMILES string of the molecule is COc1ccc2c(c1)OCC(CNS(=O)(=O)N(C)Cc1ccccc1)C2. The van der Waals surface area contributed by atoms with Crippen molar-refractivity contribution in [3.8, 4) is 11.5 Å². The minimum atomic E-state index is -3.54. The van der Waals surface area contributed by atoms with Crippen molar-refractivity contribution in [2.24, 2.45) is 5.92 Å². The van der Waals surface area contributed by atoms with Gasteiger partial charge in [0.15, 0.2) is 0 Å². The quantitative estimate of drug-likeness (QED) is 0.805. The van der Waals surface area contributed by atoms with Crippen LogP contribution in [0.4, 0.5) is 0 Å². The zero-order chi connectivity index (χ0) is 18.6. The summed E-state index contributed by atoms with van der Waals surface area (Å²) in [4.78, 5) is 0. The first-order valence-corrected chi connectivity index (χ1v) is 9.96. The highest BCUT2D eigenvalue weighted by molar-refractivity contribution is 7.87. The van der Waals surface area contributed by atoms with E-state index < -0.39 is 10.2 Å². The summed E-state index contributed by atoms with van der Waals surface area (Å²) in [6.07, 6.45) is 0.768. The second-order valence-electron chi connectivity index (χ2n) is 6.45. The molecule has 0 spiro atoms. The van der Waals surface area contributed by atoms with Crippen LogP contribution in [0.3, 0.4) is 0 Å². The van der Waals surface area contributed by atoms with E-state index in [1.807, 2.05) is 48.5 Å². The van der Waals surface area contributed by atoms with Gasteiger partial charge in [-0.2, -0.15) is 12.7 Å². The van der Waals surface area contributed by atoms with Gasteiger partial charge in [0.1, 0.15) is 11.5 Å². The molecule has 0 fully saturated rings. The highest BCUT2D eigenvalue weighted by Crippen LogP contribution is 2.30. The molecule has 0 bridgehead atoms. The Kier molecular flexibility index (Phi) is 5.80. The molecule has 7 heteroatoms. The van der Waals surface area contributed by atoms with Crippen LogP contribution in [0.5, 0.6) is 11.5 Å². The van der Waals surface area contributed by atoms with Gasteiger partial charge in [-0.05, 0) is 23.6 Å². The molecule has 0 amide bonds. The molecule has 6 nitrogen and oxygen atoms in total. The van der Waals surface area contributed by atoms with Gasteiger partial charge in [-0.15, -0.1) is 0 Å². The van der Waals surface area contributed by atoms with Gasteiger partial charge in [-0.25, -0.2) is 4.72 Å². The van der Waals surface area contributed by atoms with Crippen LogP contribution in [-0.4, -0.2) is 40.0 Å². The lowest BCUT2D eigenvalue weighted by Crippen LogP contribution is -2.42. The Morgan fingerprint density at radius 3 is 2.73 bits per heavy atom. The molecule has 3 rings (SSSR count). The summed E-state index contributed by atoms with van der Waals surface area (Å²) in [7, 11) is -0.341. The molecule has 1 N–H and O–H groups in total. The van der Waals surface area contributed by atoms with E-state index in [9.17, 15) is 8.42 Å². The van der Waals surface area contributed by atoms with E-state index in [4.69, 9.17) is 9.47 Å². The van der Waals surface area contributed by atoms with Crippen molar-refractivity contribution < 1.29 is 17.9 Å². The Balaban J connectivity index is 1.56. The van der Waals surface area contributed by atoms with Crippen LogP contribution >= 0.6 is 0 Å². The van der Waals surface area contributed by atoms with Gasteiger partial charge in [0.05, 0.1) is 13.7 Å². The van der Waals surface area contributed by atoms with Crippen molar-refractivity contribution in [1.82, 2.24) is 9.03 Å². The monoisotopic (exact) mass is 376 g/mol. The minimum Gasteiger partial charge on any atom is -0.497 e. The third-order valence-corrected chi connectivity index (χ3v) is 5.95. The predicted molar refractivity (Wildman–Crippen MR) is 101 cm³/mol. The topological polar surface area (TPSA) is 67.9 Å².